The van der Waals surface area contributed by atoms with Gasteiger partial charge in [0.1, 0.15) is 5.70 Å². The lowest BCUT2D eigenvalue weighted by Crippen LogP contribution is -2.36. The van der Waals surface area contributed by atoms with E-state index in [2.05, 4.69) is 10.6 Å². The monoisotopic (exact) mass is 418 g/mol. The molecule has 3 rings (SSSR count). The SMILES string of the molecule is CC[C@H](NC(=O)/C(=C/c1cccs1)NC(=O)c1ccc(C)cc1)c1ccc(C)cc1. The van der Waals surface area contributed by atoms with Gasteiger partial charge in [-0.1, -0.05) is 60.5 Å². The van der Waals surface area contributed by atoms with Gasteiger partial charge in [-0.25, -0.2) is 0 Å². The topological polar surface area (TPSA) is 58.2 Å². The second-order valence-corrected chi connectivity index (χ2v) is 8.22. The lowest BCUT2D eigenvalue weighted by atomic mass is 10.0. The summed E-state index contributed by atoms with van der Waals surface area (Å²) >= 11 is 1.51. The van der Waals surface area contributed by atoms with E-state index in [1.165, 1.54) is 16.9 Å². The van der Waals surface area contributed by atoms with Crippen molar-refractivity contribution in [2.45, 2.75) is 33.2 Å². The highest BCUT2D eigenvalue weighted by Gasteiger charge is 2.19. The van der Waals surface area contributed by atoms with Crippen LogP contribution in [0.1, 0.15) is 51.3 Å². The average Bonchev–Trinajstić information content (AvgIpc) is 3.25. The molecule has 4 nitrogen and oxygen atoms in total. The van der Waals surface area contributed by atoms with Crippen LogP contribution in [0.15, 0.2) is 71.7 Å². The highest BCUT2D eigenvalue weighted by Crippen LogP contribution is 2.19. The zero-order chi connectivity index (χ0) is 21.5. The Labute approximate surface area is 181 Å². The van der Waals surface area contributed by atoms with Gasteiger partial charge in [-0.3, -0.25) is 9.59 Å². The minimum Gasteiger partial charge on any atom is -0.344 e. The second-order valence-electron chi connectivity index (χ2n) is 7.24. The van der Waals surface area contributed by atoms with Crippen molar-refractivity contribution in [3.63, 3.8) is 0 Å². The quantitative estimate of drug-likeness (QED) is 0.505. The van der Waals surface area contributed by atoms with Crippen LogP contribution in [0.5, 0.6) is 0 Å². The Balaban J connectivity index is 1.82. The van der Waals surface area contributed by atoms with Gasteiger partial charge in [0.25, 0.3) is 11.8 Å². The predicted molar refractivity (Wildman–Crippen MR) is 123 cm³/mol. The van der Waals surface area contributed by atoms with Gasteiger partial charge < -0.3 is 10.6 Å². The summed E-state index contributed by atoms with van der Waals surface area (Å²) in [6, 6.07) is 19.1. The molecule has 1 atom stereocenters. The van der Waals surface area contributed by atoms with Gasteiger partial charge in [0.2, 0.25) is 0 Å². The van der Waals surface area contributed by atoms with Crippen molar-refractivity contribution in [3.8, 4) is 0 Å². The van der Waals surface area contributed by atoms with E-state index in [0.717, 1.165) is 22.4 Å². The minimum absolute atomic E-state index is 0.138. The molecular weight excluding hydrogens is 392 g/mol. The molecule has 154 valence electrons. The Hall–Kier alpha value is -3.18. The summed E-state index contributed by atoms with van der Waals surface area (Å²) in [7, 11) is 0. The molecule has 5 heteroatoms. The molecule has 1 heterocycles. The molecule has 0 aliphatic rings. The van der Waals surface area contributed by atoms with E-state index >= 15 is 0 Å². The first-order valence-electron chi connectivity index (χ1n) is 9.97. The summed E-state index contributed by atoms with van der Waals surface area (Å²) in [6.07, 6.45) is 2.46. The minimum atomic E-state index is -0.309. The summed E-state index contributed by atoms with van der Waals surface area (Å²) in [5, 5.41) is 7.80. The standard InChI is InChI=1S/C25H26N2O2S/c1-4-22(19-11-7-17(2)8-12-19)26-25(29)23(16-21-6-5-15-30-21)27-24(28)20-13-9-18(3)10-14-20/h5-16,22H,4H2,1-3H3,(H,26,29)(H,27,28)/b23-16-/t22-/m0/s1. The van der Waals surface area contributed by atoms with E-state index in [4.69, 9.17) is 0 Å². The van der Waals surface area contributed by atoms with Crippen LogP contribution >= 0.6 is 11.3 Å². The number of benzene rings is 2. The number of amides is 2. The molecule has 0 aliphatic heterocycles. The van der Waals surface area contributed by atoms with E-state index < -0.39 is 0 Å². The second kappa shape index (κ2) is 10.0. The van der Waals surface area contributed by atoms with E-state index in [1.54, 1.807) is 18.2 Å². The maximum Gasteiger partial charge on any atom is 0.268 e. The van der Waals surface area contributed by atoms with Crippen LogP contribution in [0.25, 0.3) is 6.08 Å². The Morgan fingerprint density at radius 2 is 1.60 bits per heavy atom. The van der Waals surface area contributed by atoms with E-state index in [0.29, 0.717) is 5.56 Å². The Morgan fingerprint density at radius 1 is 0.967 bits per heavy atom. The molecule has 0 unspecified atom stereocenters. The number of carbonyl (C=O) groups excluding carboxylic acids is 2. The maximum atomic E-state index is 13.1. The third-order valence-electron chi connectivity index (χ3n) is 4.83. The first kappa shape index (κ1) is 21.5. The van der Waals surface area contributed by atoms with Gasteiger partial charge >= 0.3 is 0 Å². The van der Waals surface area contributed by atoms with E-state index in [9.17, 15) is 9.59 Å². The molecule has 0 radical (unpaired) electrons. The van der Waals surface area contributed by atoms with Crippen molar-refractivity contribution in [1.29, 1.82) is 0 Å². The van der Waals surface area contributed by atoms with Crippen LogP contribution in [-0.4, -0.2) is 11.8 Å². The zero-order valence-corrected chi connectivity index (χ0v) is 18.3. The number of aryl methyl sites for hydroxylation is 2. The summed E-state index contributed by atoms with van der Waals surface area (Å²) in [4.78, 5) is 26.7. The third-order valence-corrected chi connectivity index (χ3v) is 5.65. The normalized spacial score (nSPS) is 12.3. The first-order chi connectivity index (χ1) is 14.5. The van der Waals surface area contributed by atoms with Gasteiger partial charge in [-0.15, -0.1) is 11.3 Å². The maximum absolute atomic E-state index is 13.1. The Bertz CT molecular complexity index is 1020. The molecule has 30 heavy (non-hydrogen) atoms. The highest BCUT2D eigenvalue weighted by atomic mass is 32.1. The van der Waals surface area contributed by atoms with Crippen LogP contribution in [-0.2, 0) is 4.79 Å². The van der Waals surface area contributed by atoms with Crippen molar-refractivity contribution >= 4 is 29.2 Å². The van der Waals surface area contributed by atoms with Gasteiger partial charge in [0.05, 0.1) is 6.04 Å². The molecular formula is C25H26N2O2S. The summed E-state index contributed by atoms with van der Waals surface area (Å²) in [5.41, 5.74) is 4.02. The number of hydrogen-bond donors (Lipinski definition) is 2. The number of carbonyl (C=O) groups is 2. The van der Waals surface area contributed by atoms with Crippen LogP contribution in [0.2, 0.25) is 0 Å². The fourth-order valence-electron chi connectivity index (χ4n) is 3.03. The van der Waals surface area contributed by atoms with E-state index in [-0.39, 0.29) is 23.6 Å². The van der Waals surface area contributed by atoms with Crippen LogP contribution < -0.4 is 10.6 Å². The van der Waals surface area contributed by atoms with Gasteiger partial charge in [0, 0.05) is 10.4 Å². The van der Waals surface area contributed by atoms with Crippen molar-refractivity contribution in [2.24, 2.45) is 0 Å². The number of thiophene rings is 1. The fourth-order valence-corrected chi connectivity index (χ4v) is 3.69. The Morgan fingerprint density at radius 3 is 2.17 bits per heavy atom. The van der Waals surface area contributed by atoms with Crippen molar-refractivity contribution in [2.75, 3.05) is 0 Å². The van der Waals surface area contributed by atoms with Crippen molar-refractivity contribution < 1.29 is 9.59 Å². The molecule has 0 fully saturated rings. The molecule has 2 amide bonds. The van der Waals surface area contributed by atoms with Crippen LogP contribution in [0.3, 0.4) is 0 Å². The van der Waals surface area contributed by atoms with Gasteiger partial charge in [-0.2, -0.15) is 0 Å². The molecule has 3 aromatic rings. The molecule has 0 saturated heterocycles. The molecule has 2 aromatic carbocycles. The average molecular weight is 419 g/mol. The fraction of sp³-hybridized carbons (Fsp3) is 0.200. The lowest BCUT2D eigenvalue weighted by molar-refractivity contribution is -0.118. The Kier molecular flexibility index (Phi) is 7.20. The predicted octanol–water partition coefficient (Wildman–Crippen LogP) is 5.40. The zero-order valence-electron chi connectivity index (χ0n) is 17.4. The van der Waals surface area contributed by atoms with Crippen molar-refractivity contribution in [3.05, 3.63) is 98.9 Å². The molecule has 2 N–H and O–H groups in total. The largest absolute Gasteiger partial charge is 0.344 e. The molecule has 0 spiro atoms. The number of rotatable bonds is 7. The summed E-state index contributed by atoms with van der Waals surface area (Å²) < 4.78 is 0. The third kappa shape index (κ3) is 5.67. The van der Waals surface area contributed by atoms with Gasteiger partial charge in [0.15, 0.2) is 0 Å². The van der Waals surface area contributed by atoms with Crippen molar-refractivity contribution in [1.82, 2.24) is 10.6 Å². The summed E-state index contributed by atoms with van der Waals surface area (Å²) in [6.45, 7) is 6.03. The lowest BCUT2D eigenvalue weighted by Gasteiger charge is -2.19. The molecule has 0 bridgehead atoms. The van der Waals surface area contributed by atoms with Gasteiger partial charge in [-0.05, 0) is 55.5 Å². The smallest absolute Gasteiger partial charge is 0.268 e. The molecule has 1 aromatic heterocycles. The number of hydrogen-bond acceptors (Lipinski definition) is 3. The highest BCUT2D eigenvalue weighted by molar-refractivity contribution is 7.10. The molecule has 0 aliphatic carbocycles. The van der Waals surface area contributed by atoms with E-state index in [1.807, 2.05) is 74.7 Å². The molecule has 0 saturated carbocycles. The first-order valence-corrected chi connectivity index (χ1v) is 10.8. The summed E-state index contributed by atoms with van der Waals surface area (Å²) in [5.74, 6) is -0.618. The number of nitrogens with one attached hydrogen (secondary N) is 2. The van der Waals surface area contributed by atoms with Crippen LogP contribution in [0, 0.1) is 13.8 Å². The van der Waals surface area contributed by atoms with Crippen LogP contribution in [0.4, 0.5) is 0 Å².